The minimum atomic E-state index is -0.124. The Hall–Kier alpha value is -2.54. The highest BCUT2D eigenvalue weighted by atomic mass is 16.5. The van der Waals surface area contributed by atoms with E-state index >= 15 is 0 Å². The number of Topliss-reactive ketones (excluding diaryl/α,β-unsaturated/α-hetero) is 1. The SMILES string of the molecule is CC(=O)c1c(C)nn(CC(=O)N[C@@H]2COC[C@H]2Cc2ccncc2)c1C. The summed E-state index contributed by atoms with van der Waals surface area (Å²) >= 11 is 0. The van der Waals surface area contributed by atoms with Crippen LogP contribution in [0, 0.1) is 19.8 Å². The quantitative estimate of drug-likeness (QED) is 0.792. The molecule has 3 rings (SSSR count). The highest BCUT2D eigenvalue weighted by molar-refractivity contribution is 5.96. The Balaban J connectivity index is 1.62. The summed E-state index contributed by atoms with van der Waals surface area (Å²) in [5, 5.41) is 7.39. The average Bonchev–Trinajstić information content (AvgIpc) is 3.12. The maximum absolute atomic E-state index is 12.5. The minimum Gasteiger partial charge on any atom is -0.379 e. The van der Waals surface area contributed by atoms with Crippen LogP contribution < -0.4 is 5.32 Å². The summed E-state index contributed by atoms with van der Waals surface area (Å²) < 4.78 is 7.17. The summed E-state index contributed by atoms with van der Waals surface area (Å²) in [6.07, 6.45) is 4.38. The van der Waals surface area contributed by atoms with Crippen molar-refractivity contribution in [2.24, 2.45) is 5.92 Å². The molecule has 3 heterocycles. The van der Waals surface area contributed by atoms with Gasteiger partial charge in [-0.2, -0.15) is 5.10 Å². The molecule has 1 aliphatic rings. The minimum absolute atomic E-state index is 0.0279. The van der Waals surface area contributed by atoms with Crippen LogP contribution in [0.15, 0.2) is 24.5 Å². The maximum Gasteiger partial charge on any atom is 0.242 e. The molecule has 0 saturated carbocycles. The van der Waals surface area contributed by atoms with Crippen LogP contribution >= 0.6 is 0 Å². The molecule has 7 heteroatoms. The molecule has 2 atom stereocenters. The van der Waals surface area contributed by atoms with E-state index in [1.807, 2.05) is 19.1 Å². The average molecular weight is 356 g/mol. The van der Waals surface area contributed by atoms with Crippen LogP contribution in [0.1, 0.15) is 34.2 Å². The van der Waals surface area contributed by atoms with Crippen LogP contribution in [0.5, 0.6) is 0 Å². The molecule has 1 saturated heterocycles. The second kappa shape index (κ2) is 7.78. The number of aromatic nitrogens is 3. The third-order valence-electron chi connectivity index (χ3n) is 4.82. The number of amides is 1. The molecule has 0 spiro atoms. The molecular formula is C19H24N4O3. The first kappa shape index (κ1) is 18.3. The largest absolute Gasteiger partial charge is 0.379 e. The fourth-order valence-corrected chi connectivity index (χ4v) is 3.53. The number of nitrogens with one attached hydrogen (secondary N) is 1. The third-order valence-corrected chi connectivity index (χ3v) is 4.82. The predicted octanol–water partition coefficient (Wildman–Crippen LogP) is 1.47. The van der Waals surface area contributed by atoms with Crippen LogP contribution in [-0.4, -0.2) is 45.7 Å². The number of aryl methyl sites for hydroxylation is 1. The van der Waals surface area contributed by atoms with E-state index in [-0.39, 0.29) is 30.2 Å². The predicted molar refractivity (Wildman–Crippen MR) is 95.9 cm³/mol. The fraction of sp³-hybridized carbons (Fsp3) is 0.474. The maximum atomic E-state index is 12.5. The number of carbonyl (C=O) groups is 2. The highest BCUT2D eigenvalue weighted by Gasteiger charge is 2.30. The first-order chi connectivity index (χ1) is 12.5. The number of hydrogen-bond acceptors (Lipinski definition) is 5. The summed E-state index contributed by atoms with van der Waals surface area (Å²) in [6.45, 7) is 6.35. The molecular weight excluding hydrogens is 332 g/mol. The van der Waals surface area contributed by atoms with Gasteiger partial charge in [-0.25, -0.2) is 0 Å². The topological polar surface area (TPSA) is 86.1 Å². The number of pyridine rings is 1. The first-order valence-electron chi connectivity index (χ1n) is 8.76. The molecule has 7 nitrogen and oxygen atoms in total. The van der Waals surface area contributed by atoms with Crippen LogP contribution in [0.2, 0.25) is 0 Å². The molecule has 1 aliphatic heterocycles. The smallest absolute Gasteiger partial charge is 0.242 e. The zero-order valence-corrected chi connectivity index (χ0v) is 15.4. The van der Waals surface area contributed by atoms with Crippen LogP contribution in [0.3, 0.4) is 0 Å². The van der Waals surface area contributed by atoms with E-state index in [1.165, 1.54) is 12.5 Å². The summed E-state index contributed by atoms with van der Waals surface area (Å²) in [5.74, 6) is 0.0729. The summed E-state index contributed by atoms with van der Waals surface area (Å²) in [6, 6.07) is 3.94. The third kappa shape index (κ3) is 3.99. The van der Waals surface area contributed by atoms with Crippen LogP contribution in [-0.2, 0) is 22.5 Å². The fourth-order valence-electron chi connectivity index (χ4n) is 3.53. The molecule has 2 aromatic rings. The van der Waals surface area contributed by atoms with E-state index in [4.69, 9.17) is 4.74 Å². The Morgan fingerprint density at radius 2 is 2.00 bits per heavy atom. The van der Waals surface area contributed by atoms with Crippen molar-refractivity contribution < 1.29 is 14.3 Å². The second-order valence-electron chi connectivity index (χ2n) is 6.79. The van der Waals surface area contributed by atoms with E-state index in [2.05, 4.69) is 15.4 Å². The van der Waals surface area contributed by atoms with Gasteiger partial charge in [-0.3, -0.25) is 19.3 Å². The van der Waals surface area contributed by atoms with Gasteiger partial charge in [-0.1, -0.05) is 0 Å². The lowest BCUT2D eigenvalue weighted by molar-refractivity contribution is -0.122. The van der Waals surface area contributed by atoms with Gasteiger partial charge in [-0.05, 0) is 44.9 Å². The molecule has 0 bridgehead atoms. The molecule has 138 valence electrons. The van der Waals surface area contributed by atoms with Gasteiger partial charge >= 0.3 is 0 Å². The van der Waals surface area contributed by atoms with E-state index in [1.54, 1.807) is 24.0 Å². The Morgan fingerprint density at radius 3 is 2.65 bits per heavy atom. The van der Waals surface area contributed by atoms with Crippen molar-refractivity contribution in [3.8, 4) is 0 Å². The van der Waals surface area contributed by atoms with E-state index in [0.717, 1.165) is 12.1 Å². The number of ketones is 1. The van der Waals surface area contributed by atoms with Gasteiger partial charge in [0.05, 0.1) is 30.5 Å². The van der Waals surface area contributed by atoms with Gasteiger partial charge in [0.15, 0.2) is 5.78 Å². The molecule has 1 amide bonds. The Bertz CT molecular complexity index is 801. The van der Waals surface area contributed by atoms with Crippen molar-refractivity contribution in [3.63, 3.8) is 0 Å². The summed E-state index contributed by atoms with van der Waals surface area (Å²) in [7, 11) is 0. The lowest BCUT2D eigenvalue weighted by Gasteiger charge is -2.19. The lowest BCUT2D eigenvalue weighted by Crippen LogP contribution is -2.42. The zero-order valence-electron chi connectivity index (χ0n) is 15.4. The van der Waals surface area contributed by atoms with E-state index in [9.17, 15) is 9.59 Å². The zero-order chi connectivity index (χ0) is 18.7. The van der Waals surface area contributed by atoms with E-state index < -0.39 is 0 Å². The Morgan fingerprint density at radius 1 is 1.27 bits per heavy atom. The monoisotopic (exact) mass is 356 g/mol. The van der Waals surface area contributed by atoms with Gasteiger partial charge < -0.3 is 10.1 Å². The molecule has 1 fully saturated rings. The van der Waals surface area contributed by atoms with Gasteiger partial charge in [0.25, 0.3) is 0 Å². The number of rotatable bonds is 6. The van der Waals surface area contributed by atoms with Crippen molar-refractivity contribution >= 4 is 11.7 Å². The van der Waals surface area contributed by atoms with Crippen molar-refractivity contribution in [2.45, 2.75) is 39.8 Å². The first-order valence-corrected chi connectivity index (χ1v) is 8.76. The number of nitrogens with zero attached hydrogens (tertiary/aromatic N) is 3. The molecule has 0 aromatic carbocycles. The molecule has 0 unspecified atom stereocenters. The van der Waals surface area contributed by atoms with Gasteiger partial charge in [0, 0.05) is 24.0 Å². The van der Waals surface area contributed by atoms with Crippen molar-refractivity contribution in [2.75, 3.05) is 13.2 Å². The van der Waals surface area contributed by atoms with Crippen molar-refractivity contribution in [3.05, 3.63) is 47.0 Å². The van der Waals surface area contributed by atoms with Gasteiger partial charge in [-0.15, -0.1) is 0 Å². The van der Waals surface area contributed by atoms with Crippen LogP contribution in [0.4, 0.5) is 0 Å². The van der Waals surface area contributed by atoms with Gasteiger partial charge in [0.1, 0.15) is 6.54 Å². The second-order valence-corrected chi connectivity index (χ2v) is 6.79. The standard InChI is InChI=1S/C19H24N4O3/c1-12-19(14(3)24)13(2)23(22-12)9-18(25)21-17-11-26-10-16(17)8-15-4-6-20-7-5-15/h4-7,16-17H,8-11H2,1-3H3,(H,21,25)/t16-,17-/m1/s1. The van der Waals surface area contributed by atoms with Crippen molar-refractivity contribution in [1.82, 2.24) is 20.1 Å². The lowest BCUT2D eigenvalue weighted by atomic mass is 9.95. The van der Waals surface area contributed by atoms with Gasteiger partial charge in [0.2, 0.25) is 5.91 Å². The molecule has 0 aliphatic carbocycles. The Kier molecular flexibility index (Phi) is 5.46. The van der Waals surface area contributed by atoms with Crippen LogP contribution in [0.25, 0.3) is 0 Å². The number of hydrogen-bond donors (Lipinski definition) is 1. The highest BCUT2D eigenvalue weighted by Crippen LogP contribution is 2.19. The number of carbonyl (C=O) groups excluding carboxylic acids is 2. The number of ether oxygens (including phenoxy) is 1. The normalized spacial score (nSPS) is 19.5. The summed E-state index contributed by atoms with van der Waals surface area (Å²) in [4.78, 5) is 28.2. The van der Waals surface area contributed by atoms with E-state index in [0.29, 0.717) is 24.5 Å². The molecule has 2 aromatic heterocycles. The summed E-state index contributed by atoms with van der Waals surface area (Å²) in [5.41, 5.74) is 3.15. The molecule has 26 heavy (non-hydrogen) atoms. The Labute approximate surface area is 152 Å². The van der Waals surface area contributed by atoms with Crippen molar-refractivity contribution in [1.29, 1.82) is 0 Å². The molecule has 0 radical (unpaired) electrons. The molecule has 1 N–H and O–H groups in total.